The SMILES string of the molecule is Cc1ccc(C2(c3nnc(N4CCC(Oc5ncc(Cl)cc5Cl)CC4)n3C)CC2)cc1. The van der Waals surface area contributed by atoms with Crippen LogP contribution < -0.4 is 9.64 Å². The lowest BCUT2D eigenvalue weighted by atomic mass is 9.94. The van der Waals surface area contributed by atoms with Crippen LogP contribution in [0.5, 0.6) is 5.88 Å². The van der Waals surface area contributed by atoms with Gasteiger partial charge in [0.2, 0.25) is 11.8 Å². The van der Waals surface area contributed by atoms with E-state index >= 15 is 0 Å². The summed E-state index contributed by atoms with van der Waals surface area (Å²) < 4.78 is 8.19. The molecule has 162 valence electrons. The topological polar surface area (TPSA) is 56.1 Å². The molecule has 0 unspecified atom stereocenters. The van der Waals surface area contributed by atoms with Crippen LogP contribution in [0.3, 0.4) is 0 Å². The van der Waals surface area contributed by atoms with Gasteiger partial charge in [-0.1, -0.05) is 53.0 Å². The Morgan fingerprint density at radius 1 is 1.06 bits per heavy atom. The van der Waals surface area contributed by atoms with Crippen molar-refractivity contribution in [3.05, 3.63) is 63.5 Å². The standard InChI is InChI=1S/C23H25Cl2N5O/c1-15-3-5-16(6-4-15)23(9-10-23)21-27-28-22(29(21)2)30-11-7-18(8-12-30)31-20-19(25)13-17(24)14-26-20/h3-6,13-14,18H,7-12H2,1-2H3. The van der Waals surface area contributed by atoms with Crippen molar-refractivity contribution in [3.8, 4) is 5.88 Å². The normalized spacial score (nSPS) is 18.3. The Balaban J connectivity index is 1.27. The molecular formula is C23H25Cl2N5O. The van der Waals surface area contributed by atoms with E-state index in [2.05, 4.69) is 62.9 Å². The highest BCUT2D eigenvalue weighted by Gasteiger charge is 2.50. The first-order valence-corrected chi connectivity index (χ1v) is 11.4. The zero-order chi connectivity index (χ0) is 21.6. The molecule has 2 aromatic heterocycles. The van der Waals surface area contributed by atoms with Gasteiger partial charge in [0.25, 0.3) is 0 Å². The van der Waals surface area contributed by atoms with Crippen LogP contribution in [0.2, 0.25) is 10.0 Å². The molecule has 0 N–H and O–H groups in total. The molecule has 6 nitrogen and oxygen atoms in total. The van der Waals surface area contributed by atoms with Crippen LogP contribution in [0.25, 0.3) is 0 Å². The number of benzene rings is 1. The van der Waals surface area contributed by atoms with Gasteiger partial charge in [0.1, 0.15) is 17.0 Å². The minimum atomic E-state index is 0.00609. The molecule has 1 saturated heterocycles. The monoisotopic (exact) mass is 457 g/mol. The van der Waals surface area contributed by atoms with Gasteiger partial charge in [-0.05, 0) is 31.4 Å². The van der Waals surface area contributed by atoms with Crippen LogP contribution >= 0.6 is 23.2 Å². The number of hydrogen-bond donors (Lipinski definition) is 0. The van der Waals surface area contributed by atoms with Crippen molar-refractivity contribution in [1.82, 2.24) is 19.7 Å². The van der Waals surface area contributed by atoms with E-state index in [9.17, 15) is 0 Å². The molecule has 1 aliphatic heterocycles. The minimum Gasteiger partial charge on any atom is -0.473 e. The Kier molecular flexibility index (Phi) is 5.30. The summed E-state index contributed by atoms with van der Waals surface area (Å²) in [5.74, 6) is 2.43. The Labute approximate surface area is 192 Å². The zero-order valence-electron chi connectivity index (χ0n) is 17.7. The van der Waals surface area contributed by atoms with Crippen LogP contribution in [0.1, 0.15) is 42.6 Å². The Morgan fingerprint density at radius 3 is 2.42 bits per heavy atom. The molecule has 0 radical (unpaired) electrons. The van der Waals surface area contributed by atoms with Crippen molar-refractivity contribution in [2.24, 2.45) is 7.05 Å². The summed E-state index contributed by atoms with van der Waals surface area (Å²) in [7, 11) is 2.08. The maximum atomic E-state index is 6.20. The number of rotatable bonds is 5. The summed E-state index contributed by atoms with van der Waals surface area (Å²) >= 11 is 12.1. The second kappa shape index (κ2) is 7.99. The number of ether oxygens (including phenoxy) is 1. The molecule has 1 aliphatic carbocycles. The summed E-state index contributed by atoms with van der Waals surface area (Å²) in [6, 6.07) is 10.5. The largest absolute Gasteiger partial charge is 0.473 e. The quantitative estimate of drug-likeness (QED) is 0.542. The molecule has 1 aromatic carbocycles. The molecule has 2 aliphatic rings. The van der Waals surface area contributed by atoms with Crippen molar-refractivity contribution in [2.45, 2.75) is 44.1 Å². The maximum Gasteiger partial charge on any atom is 0.232 e. The lowest BCUT2D eigenvalue weighted by molar-refractivity contribution is 0.163. The van der Waals surface area contributed by atoms with Crippen molar-refractivity contribution in [2.75, 3.05) is 18.0 Å². The predicted molar refractivity (Wildman–Crippen MR) is 122 cm³/mol. The third-order valence-electron chi connectivity index (χ3n) is 6.41. The second-order valence-corrected chi connectivity index (χ2v) is 9.42. The minimum absolute atomic E-state index is 0.00609. The Morgan fingerprint density at radius 2 is 1.77 bits per heavy atom. The molecule has 0 amide bonds. The van der Waals surface area contributed by atoms with Crippen LogP contribution in [0, 0.1) is 6.92 Å². The summed E-state index contributed by atoms with van der Waals surface area (Å²) in [6.45, 7) is 3.81. The summed E-state index contributed by atoms with van der Waals surface area (Å²) in [6.07, 6.45) is 5.59. The number of piperidine rings is 1. The van der Waals surface area contributed by atoms with Crippen LogP contribution in [0.4, 0.5) is 5.95 Å². The highest BCUT2D eigenvalue weighted by Crippen LogP contribution is 2.53. The molecule has 0 atom stereocenters. The number of anilines is 1. The first kappa shape index (κ1) is 20.6. The molecule has 0 spiro atoms. The van der Waals surface area contributed by atoms with Gasteiger partial charge in [0.15, 0.2) is 0 Å². The van der Waals surface area contributed by atoms with E-state index in [1.54, 1.807) is 12.3 Å². The van der Waals surface area contributed by atoms with E-state index in [1.807, 2.05) is 0 Å². The molecule has 8 heteroatoms. The molecule has 5 rings (SSSR count). The fourth-order valence-corrected chi connectivity index (χ4v) is 4.90. The molecule has 2 fully saturated rings. The van der Waals surface area contributed by atoms with Crippen molar-refractivity contribution in [1.29, 1.82) is 0 Å². The van der Waals surface area contributed by atoms with Gasteiger partial charge in [-0.3, -0.25) is 4.57 Å². The van der Waals surface area contributed by atoms with Crippen molar-refractivity contribution < 1.29 is 4.74 Å². The molecule has 31 heavy (non-hydrogen) atoms. The zero-order valence-corrected chi connectivity index (χ0v) is 19.2. The van der Waals surface area contributed by atoms with Gasteiger partial charge in [0.05, 0.1) is 10.4 Å². The van der Waals surface area contributed by atoms with E-state index in [4.69, 9.17) is 27.9 Å². The van der Waals surface area contributed by atoms with E-state index in [1.165, 1.54) is 11.1 Å². The van der Waals surface area contributed by atoms with Gasteiger partial charge in [0, 0.05) is 39.2 Å². The second-order valence-electron chi connectivity index (χ2n) is 8.58. The number of hydrogen-bond acceptors (Lipinski definition) is 5. The van der Waals surface area contributed by atoms with E-state index < -0.39 is 0 Å². The first-order chi connectivity index (χ1) is 15.0. The number of nitrogens with zero attached hydrogens (tertiary/aromatic N) is 5. The predicted octanol–water partition coefficient (Wildman–Crippen LogP) is 4.95. The Hall–Kier alpha value is -2.31. The molecule has 3 aromatic rings. The lowest BCUT2D eigenvalue weighted by Gasteiger charge is -2.32. The van der Waals surface area contributed by atoms with Gasteiger partial charge < -0.3 is 9.64 Å². The average molecular weight is 458 g/mol. The molecule has 0 bridgehead atoms. The third kappa shape index (κ3) is 3.87. The number of aromatic nitrogens is 4. The van der Waals surface area contributed by atoms with Crippen molar-refractivity contribution in [3.63, 3.8) is 0 Å². The highest BCUT2D eigenvalue weighted by atomic mass is 35.5. The molecular weight excluding hydrogens is 433 g/mol. The number of aryl methyl sites for hydroxylation is 1. The fraction of sp³-hybridized carbons (Fsp3) is 0.435. The third-order valence-corrected chi connectivity index (χ3v) is 6.89. The first-order valence-electron chi connectivity index (χ1n) is 10.7. The van der Waals surface area contributed by atoms with Gasteiger partial charge >= 0.3 is 0 Å². The lowest BCUT2D eigenvalue weighted by Crippen LogP contribution is -2.39. The van der Waals surface area contributed by atoms with Crippen molar-refractivity contribution >= 4 is 29.2 Å². The van der Waals surface area contributed by atoms with Gasteiger partial charge in [-0.25, -0.2) is 4.98 Å². The Bertz CT molecular complexity index is 1090. The number of halogens is 2. The van der Waals surface area contributed by atoms with E-state index in [0.717, 1.165) is 50.5 Å². The summed E-state index contributed by atoms with van der Waals surface area (Å²) in [5.41, 5.74) is 2.62. The van der Waals surface area contributed by atoms with E-state index in [-0.39, 0.29) is 11.5 Å². The average Bonchev–Trinajstić information content (AvgIpc) is 3.47. The molecule has 3 heterocycles. The fourth-order valence-electron chi connectivity index (χ4n) is 4.47. The van der Waals surface area contributed by atoms with Crippen LogP contribution in [0.15, 0.2) is 36.5 Å². The van der Waals surface area contributed by atoms with Crippen LogP contribution in [-0.4, -0.2) is 38.9 Å². The van der Waals surface area contributed by atoms with Gasteiger partial charge in [-0.15, -0.1) is 10.2 Å². The maximum absolute atomic E-state index is 6.20. The number of pyridine rings is 1. The smallest absolute Gasteiger partial charge is 0.232 e. The summed E-state index contributed by atoms with van der Waals surface area (Å²) in [5, 5.41) is 10.1. The van der Waals surface area contributed by atoms with Gasteiger partial charge in [-0.2, -0.15) is 0 Å². The summed E-state index contributed by atoms with van der Waals surface area (Å²) in [4.78, 5) is 6.50. The molecule has 1 saturated carbocycles. The van der Waals surface area contributed by atoms with E-state index in [0.29, 0.717) is 15.9 Å². The highest BCUT2D eigenvalue weighted by molar-refractivity contribution is 6.35. The van der Waals surface area contributed by atoms with Crippen LogP contribution in [-0.2, 0) is 12.5 Å².